The van der Waals surface area contributed by atoms with Gasteiger partial charge in [0, 0.05) is 5.69 Å². The molecular weight excluding hydrogens is 292 g/mol. The number of anilines is 1. The maximum Gasteiger partial charge on any atom is 0.339 e. The molecule has 0 aliphatic heterocycles. The van der Waals surface area contributed by atoms with Gasteiger partial charge in [0.25, 0.3) is 0 Å². The summed E-state index contributed by atoms with van der Waals surface area (Å²) in [6.07, 6.45) is 0. The minimum atomic E-state index is -3.96. The van der Waals surface area contributed by atoms with Crippen molar-refractivity contribution in [3.8, 4) is 5.75 Å². The summed E-state index contributed by atoms with van der Waals surface area (Å²) < 4.78 is 29.3. The van der Waals surface area contributed by atoms with E-state index >= 15 is 0 Å². The number of rotatable bonds is 5. The van der Waals surface area contributed by atoms with Crippen molar-refractivity contribution in [2.45, 2.75) is 4.90 Å². The van der Waals surface area contributed by atoms with E-state index in [1.807, 2.05) is 0 Å². The fraction of sp³-hybridized carbons (Fsp3) is 0.0714. The number of nitrogens with two attached hydrogens (primary N) is 1. The Balaban J connectivity index is 2.24. The highest BCUT2D eigenvalue weighted by Crippen LogP contribution is 2.20. The summed E-state index contributed by atoms with van der Waals surface area (Å²) in [7, 11) is -3.96. The van der Waals surface area contributed by atoms with E-state index in [0.717, 1.165) is 0 Å². The first-order valence-corrected chi connectivity index (χ1v) is 7.51. The van der Waals surface area contributed by atoms with Crippen molar-refractivity contribution in [3.63, 3.8) is 0 Å². The van der Waals surface area contributed by atoms with Gasteiger partial charge >= 0.3 is 10.1 Å². The second kappa shape index (κ2) is 6.38. The van der Waals surface area contributed by atoms with Crippen LogP contribution in [0.25, 0.3) is 0 Å². The second-order valence-corrected chi connectivity index (χ2v) is 5.68. The zero-order valence-electron chi connectivity index (χ0n) is 11.0. The van der Waals surface area contributed by atoms with Crippen LogP contribution in [-0.2, 0) is 14.9 Å². The lowest BCUT2D eigenvalue weighted by Gasteiger charge is -2.09. The van der Waals surface area contributed by atoms with Crippen molar-refractivity contribution in [2.24, 2.45) is 5.73 Å². The first-order chi connectivity index (χ1) is 10.0. The number of para-hydroxylation sites is 1. The quantitative estimate of drug-likeness (QED) is 0.812. The van der Waals surface area contributed by atoms with Crippen molar-refractivity contribution in [2.75, 3.05) is 11.9 Å². The third kappa shape index (κ3) is 4.04. The van der Waals surface area contributed by atoms with E-state index in [-0.39, 0.29) is 17.2 Å². The van der Waals surface area contributed by atoms with Crippen molar-refractivity contribution in [1.82, 2.24) is 0 Å². The van der Waals surface area contributed by atoms with E-state index in [2.05, 4.69) is 5.32 Å². The Kier molecular flexibility index (Phi) is 4.56. The van der Waals surface area contributed by atoms with E-state index in [1.54, 1.807) is 24.3 Å². The lowest BCUT2D eigenvalue weighted by atomic mass is 10.3. The van der Waals surface area contributed by atoms with Gasteiger partial charge in [-0.25, -0.2) is 0 Å². The Morgan fingerprint density at radius 1 is 1.10 bits per heavy atom. The van der Waals surface area contributed by atoms with Crippen LogP contribution in [-0.4, -0.2) is 20.9 Å². The van der Waals surface area contributed by atoms with Crippen LogP contribution in [0.5, 0.6) is 5.75 Å². The van der Waals surface area contributed by atoms with Crippen LogP contribution in [0, 0.1) is 0 Å². The molecule has 21 heavy (non-hydrogen) atoms. The molecule has 0 saturated heterocycles. The van der Waals surface area contributed by atoms with Crippen molar-refractivity contribution >= 4 is 21.7 Å². The third-order valence-corrected chi connectivity index (χ3v) is 3.78. The molecule has 0 heterocycles. The molecule has 0 unspecified atom stereocenters. The first-order valence-electron chi connectivity index (χ1n) is 6.11. The van der Waals surface area contributed by atoms with Crippen LogP contribution in [0.15, 0.2) is 59.5 Å². The highest BCUT2D eigenvalue weighted by molar-refractivity contribution is 7.87. The summed E-state index contributed by atoms with van der Waals surface area (Å²) in [6.45, 7) is -0.183. The average molecular weight is 306 g/mol. The maximum absolute atomic E-state index is 12.1. The van der Waals surface area contributed by atoms with Gasteiger partial charge in [-0.1, -0.05) is 24.3 Å². The Morgan fingerprint density at radius 2 is 1.81 bits per heavy atom. The molecule has 0 aliphatic rings. The molecule has 7 heteroatoms. The summed E-state index contributed by atoms with van der Waals surface area (Å²) in [5, 5.41) is 2.48. The van der Waals surface area contributed by atoms with Gasteiger partial charge in [0.2, 0.25) is 5.91 Å². The number of hydrogen-bond acceptors (Lipinski definition) is 5. The Morgan fingerprint density at radius 3 is 2.48 bits per heavy atom. The molecule has 110 valence electrons. The van der Waals surface area contributed by atoms with Crippen LogP contribution < -0.4 is 15.2 Å². The van der Waals surface area contributed by atoms with Gasteiger partial charge in [-0.2, -0.15) is 8.42 Å². The number of nitrogens with one attached hydrogen (secondary N) is 1. The molecule has 0 aliphatic carbocycles. The Hall–Kier alpha value is -2.38. The molecule has 2 rings (SSSR count). The molecule has 0 atom stereocenters. The number of benzene rings is 2. The summed E-state index contributed by atoms with van der Waals surface area (Å²) in [6, 6.07) is 13.9. The number of carbonyl (C=O) groups is 1. The molecule has 0 bridgehead atoms. The van der Waals surface area contributed by atoms with Crippen molar-refractivity contribution < 1.29 is 17.4 Å². The van der Waals surface area contributed by atoms with E-state index in [0.29, 0.717) is 5.69 Å². The largest absolute Gasteiger partial charge is 0.379 e. The monoisotopic (exact) mass is 306 g/mol. The third-order valence-electron chi connectivity index (χ3n) is 2.54. The number of amides is 1. The predicted octanol–water partition coefficient (Wildman–Crippen LogP) is 1.35. The Labute approximate surface area is 122 Å². The molecule has 2 aromatic carbocycles. The minimum Gasteiger partial charge on any atom is -0.379 e. The molecule has 0 fully saturated rings. The maximum atomic E-state index is 12.1. The van der Waals surface area contributed by atoms with Gasteiger partial charge in [-0.05, 0) is 30.3 Å². The molecular formula is C14H14N2O4S. The molecule has 2 aromatic rings. The van der Waals surface area contributed by atoms with E-state index in [4.69, 9.17) is 9.92 Å². The van der Waals surface area contributed by atoms with Crippen LogP contribution >= 0.6 is 0 Å². The molecule has 1 amide bonds. The first kappa shape index (κ1) is 15.0. The van der Waals surface area contributed by atoms with Gasteiger partial charge in [0.05, 0.1) is 6.54 Å². The molecule has 0 spiro atoms. The fourth-order valence-electron chi connectivity index (χ4n) is 1.59. The SMILES string of the molecule is NCC(=O)Nc1cccc(S(=O)(=O)Oc2ccccc2)c1. The average Bonchev–Trinajstić information content (AvgIpc) is 2.48. The van der Waals surface area contributed by atoms with E-state index in [1.165, 1.54) is 30.3 Å². The highest BCUT2D eigenvalue weighted by atomic mass is 32.2. The van der Waals surface area contributed by atoms with E-state index < -0.39 is 16.0 Å². The zero-order chi connectivity index (χ0) is 15.3. The summed E-state index contributed by atoms with van der Waals surface area (Å²) in [5.41, 5.74) is 5.53. The summed E-state index contributed by atoms with van der Waals surface area (Å²) >= 11 is 0. The molecule has 0 saturated carbocycles. The van der Waals surface area contributed by atoms with E-state index in [9.17, 15) is 13.2 Å². The van der Waals surface area contributed by atoms with Gasteiger partial charge in [-0.15, -0.1) is 0 Å². The van der Waals surface area contributed by atoms with Crippen LogP contribution in [0.1, 0.15) is 0 Å². The van der Waals surface area contributed by atoms with Gasteiger partial charge < -0.3 is 15.2 Å². The van der Waals surface area contributed by atoms with Crippen molar-refractivity contribution in [3.05, 3.63) is 54.6 Å². The lowest BCUT2D eigenvalue weighted by molar-refractivity contribution is -0.114. The van der Waals surface area contributed by atoms with Gasteiger partial charge in [0.15, 0.2) is 0 Å². The Bertz CT molecular complexity index is 730. The van der Waals surface area contributed by atoms with Crippen LogP contribution in [0.3, 0.4) is 0 Å². The fourth-order valence-corrected chi connectivity index (χ4v) is 2.57. The summed E-state index contributed by atoms with van der Waals surface area (Å²) in [5.74, 6) is -0.192. The number of hydrogen-bond donors (Lipinski definition) is 2. The normalized spacial score (nSPS) is 10.9. The molecule has 0 aromatic heterocycles. The topological polar surface area (TPSA) is 98.5 Å². The zero-order valence-corrected chi connectivity index (χ0v) is 11.8. The molecule has 6 nitrogen and oxygen atoms in total. The molecule has 0 radical (unpaired) electrons. The van der Waals surface area contributed by atoms with Crippen LogP contribution in [0.4, 0.5) is 5.69 Å². The van der Waals surface area contributed by atoms with Crippen molar-refractivity contribution in [1.29, 1.82) is 0 Å². The standard InChI is InChI=1S/C14H14N2O4S/c15-10-14(17)16-11-5-4-8-13(9-11)21(18,19)20-12-6-2-1-3-7-12/h1-9H,10,15H2,(H,16,17). The summed E-state index contributed by atoms with van der Waals surface area (Å²) in [4.78, 5) is 11.2. The second-order valence-electron chi connectivity index (χ2n) is 4.13. The van der Waals surface area contributed by atoms with Gasteiger partial charge in [0.1, 0.15) is 10.6 Å². The lowest BCUT2D eigenvalue weighted by Crippen LogP contribution is -2.22. The number of carbonyl (C=O) groups excluding carboxylic acids is 1. The van der Waals surface area contributed by atoms with Crippen LogP contribution in [0.2, 0.25) is 0 Å². The smallest absolute Gasteiger partial charge is 0.339 e. The highest BCUT2D eigenvalue weighted by Gasteiger charge is 2.17. The van der Waals surface area contributed by atoms with Gasteiger partial charge in [-0.3, -0.25) is 4.79 Å². The molecule has 3 N–H and O–H groups in total. The minimum absolute atomic E-state index is 0.0545. The predicted molar refractivity (Wildman–Crippen MR) is 78.4 cm³/mol.